The maximum atomic E-state index is 12.4. The first-order chi connectivity index (χ1) is 13.9. The molecule has 3 aromatic rings. The highest BCUT2D eigenvalue weighted by Crippen LogP contribution is 2.15. The van der Waals surface area contributed by atoms with Gasteiger partial charge in [-0.1, -0.05) is 24.3 Å². The summed E-state index contributed by atoms with van der Waals surface area (Å²) in [6.07, 6.45) is 0.531. The number of carbonyl (C=O) groups is 1. The average Bonchev–Trinajstić information content (AvgIpc) is 2.70. The minimum Gasteiger partial charge on any atom is -0.435 e. The van der Waals surface area contributed by atoms with E-state index in [2.05, 4.69) is 15.2 Å². The Hall–Kier alpha value is -3.49. The number of carbonyl (C=O) groups excluding carboxylic acids is 1. The van der Waals surface area contributed by atoms with E-state index in [1.165, 1.54) is 12.1 Å². The van der Waals surface area contributed by atoms with Gasteiger partial charge in [0.25, 0.3) is 11.1 Å². The second-order valence-electron chi connectivity index (χ2n) is 6.32. The molecular formula is C20H19F2N3O4. The zero-order valence-electron chi connectivity index (χ0n) is 15.4. The molecule has 1 heterocycles. The summed E-state index contributed by atoms with van der Waals surface area (Å²) in [5.41, 5.74) is 0.0981. The fraction of sp³-hybridized carbons (Fsp3) is 0.250. The number of aromatic amines is 1. The fourth-order valence-electron chi connectivity index (χ4n) is 2.89. The SMILES string of the molecule is O=C(CCn1[nH]c(=O)c2ccccc2c1=O)NCCc1ccc(OC(F)F)cc1. The van der Waals surface area contributed by atoms with Crippen LogP contribution in [0.1, 0.15) is 12.0 Å². The largest absolute Gasteiger partial charge is 0.435 e. The van der Waals surface area contributed by atoms with Gasteiger partial charge in [0.05, 0.1) is 17.3 Å². The lowest BCUT2D eigenvalue weighted by molar-refractivity contribution is -0.121. The molecule has 0 saturated heterocycles. The van der Waals surface area contributed by atoms with E-state index in [9.17, 15) is 23.2 Å². The van der Waals surface area contributed by atoms with Crippen molar-refractivity contribution in [1.29, 1.82) is 0 Å². The molecule has 0 atom stereocenters. The van der Waals surface area contributed by atoms with E-state index in [1.54, 1.807) is 36.4 Å². The maximum Gasteiger partial charge on any atom is 0.387 e. The summed E-state index contributed by atoms with van der Waals surface area (Å²) in [4.78, 5) is 36.5. The number of aryl methyl sites for hydroxylation is 1. The van der Waals surface area contributed by atoms with Crippen molar-refractivity contribution in [2.45, 2.75) is 26.0 Å². The van der Waals surface area contributed by atoms with Crippen molar-refractivity contribution in [1.82, 2.24) is 15.1 Å². The van der Waals surface area contributed by atoms with Gasteiger partial charge in [0.15, 0.2) is 0 Å². The van der Waals surface area contributed by atoms with Crippen LogP contribution in [0.4, 0.5) is 8.78 Å². The summed E-state index contributed by atoms with van der Waals surface area (Å²) >= 11 is 0. The van der Waals surface area contributed by atoms with E-state index >= 15 is 0 Å². The lowest BCUT2D eigenvalue weighted by Gasteiger charge is -2.09. The molecule has 3 rings (SSSR count). The molecule has 0 aliphatic carbocycles. The van der Waals surface area contributed by atoms with Gasteiger partial charge in [0.1, 0.15) is 5.75 Å². The van der Waals surface area contributed by atoms with Crippen LogP contribution >= 0.6 is 0 Å². The minimum atomic E-state index is -2.87. The van der Waals surface area contributed by atoms with Gasteiger partial charge >= 0.3 is 6.61 Å². The van der Waals surface area contributed by atoms with Gasteiger partial charge < -0.3 is 10.1 Å². The molecule has 0 aliphatic rings. The third-order valence-electron chi connectivity index (χ3n) is 4.33. The standard InChI is InChI=1S/C20H19F2N3O4/c21-20(22)29-14-7-5-13(6-8-14)9-11-23-17(26)10-12-25-19(28)16-4-2-1-3-15(16)18(27)24-25/h1-8,20H,9-12H2,(H,23,26)(H,24,27). The highest BCUT2D eigenvalue weighted by Gasteiger charge is 2.09. The number of rotatable bonds is 8. The van der Waals surface area contributed by atoms with Crippen LogP contribution in [0.3, 0.4) is 0 Å². The molecule has 0 bridgehead atoms. The number of aromatic nitrogens is 2. The molecule has 0 fully saturated rings. The summed E-state index contributed by atoms with van der Waals surface area (Å²) in [5.74, 6) is -0.203. The Morgan fingerprint density at radius 1 is 1.07 bits per heavy atom. The Balaban J connectivity index is 1.50. The Bertz CT molecular complexity index is 1110. The Morgan fingerprint density at radius 3 is 2.45 bits per heavy atom. The summed E-state index contributed by atoms with van der Waals surface area (Å²) in [6, 6.07) is 12.6. The molecule has 0 spiro atoms. The van der Waals surface area contributed by atoms with Crippen LogP contribution in [0.15, 0.2) is 58.1 Å². The second kappa shape index (κ2) is 9.13. The van der Waals surface area contributed by atoms with Gasteiger partial charge in [-0.05, 0) is 36.2 Å². The van der Waals surface area contributed by atoms with Crippen LogP contribution < -0.4 is 21.2 Å². The third kappa shape index (κ3) is 5.28. The van der Waals surface area contributed by atoms with Crippen LogP contribution in [-0.4, -0.2) is 28.8 Å². The smallest absolute Gasteiger partial charge is 0.387 e. The fourth-order valence-corrected chi connectivity index (χ4v) is 2.89. The average molecular weight is 403 g/mol. The number of hydrogen-bond donors (Lipinski definition) is 2. The van der Waals surface area contributed by atoms with Crippen LogP contribution in [0, 0.1) is 0 Å². The third-order valence-corrected chi connectivity index (χ3v) is 4.33. The van der Waals surface area contributed by atoms with Crippen molar-refractivity contribution in [2.24, 2.45) is 0 Å². The van der Waals surface area contributed by atoms with Gasteiger partial charge in [-0.3, -0.25) is 19.5 Å². The number of amides is 1. The normalized spacial score (nSPS) is 11.0. The quantitative estimate of drug-likeness (QED) is 0.602. The van der Waals surface area contributed by atoms with Crippen molar-refractivity contribution in [3.63, 3.8) is 0 Å². The molecule has 0 unspecified atom stereocenters. The molecule has 0 saturated carbocycles. The first-order valence-electron chi connectivity index (χ1n) is 8.96. The second-order valence-corrected chi connectivity index (χ2v) is 6.32. The van der Waals surface area contributed by atoms with E-state index < -0.39 is 6.61 Å². The first kappa shape index (κ1) is 20.2. The minimum absolute atomic E-state index is 0.0232. The van der Waals surface area contributed by atoms with E-state index in [0.29, 0.717) is 23.7 Å². The number of halogens is 2. The van der Waals surface area contributed by atoms with Gasteiger partial charge in [0.2, 0.25) is 5.91 Å². The molecule has 9 heteroatoms. The molecular weight excluding hydrogens is 384 g/mol. The Kier molecular flexibility index (Phi) is 6.38. The van der Waals surface area contributed by atoms with Crippen LogP contribution in [0.2, 0.25) is 0 Å². The zero-order valence-corrected chi connectivity index (χ0v) is 15.4. The molecule has 29 heavy (non-hydrogen) atoms. The molecule has 0 radical (unpaired) electrons. The summed E-state index contributed by atoms with van der Waals surface area (Å²) in [6.45, 7) is -2.48. The molecule has 0 aliphatic heterocycles. The van der Waals surface area contributed by atoms with Crippen molar-refractivity contribution < 1.29 is 18.3 Å². The van der Waals surface area contributed by atoms with E-state index in [4.69, 9.17) is 0 Å². The van der Waals surface area contributed by atoms with Gasteiger partial charge in [-0.2, -0.15) is 8.78 Å². The molecule has 1 aromatic heterocycles. The van der Waals surface area contributed by atoms with Crippen molar-refractivity contribution in [3.8, 4) is 5.75 Å². The summed E-state index contributed by atoms with van der Waals surface area (Å²) < 4.78 is 29.6. The molecule has 1 amide bonds. The van der Waals surface area contributed by atoms with Gasteiger partial charge in [-0.15, -0.1) is 0 Å². The number of ether oxygens (including phenoxy) is 1. The molecule has 7 nitrogen and oxygen atoms in total. The van der Waals surface area contributed by atoms with Gasteiger partial charge in [-0.25, -0.2) is 4.68 Å². The predicted octanol–water partition coefficient (Wildman–Crippen LogP) is 2.04. The number of hydrogen-bond acceptors (Lipinski definition) is 4. The molecule has 152 valence electrons. The first-order valence-corrected chi connectivity index (χ1v) is 8.96. The summed E-state index contributed by atoms with van der Waals surface area (Å²) in [5, 5.41) is 5.81. The van der Waals surface area contributed by atoms with Crippen molar-refractivity contribution in [3.05, 3.63) is 74.8 Å². The van der Waals surface area contributed by atoms with Crippen molar-refractivity contribution >= 4 is 16.7 Å². The molecule has 2 N–H and O–H groups in total. The van der Waals surface area contributed by atoms with E-state index in [-0.39, 0.29) is 35.7 Å². The highest BCUT2D eigenvalue weighted by atomic mass is 19.3. The van der Waals surface area contributed by atoms with Crippen LogP contribution in [-0.2, 0) is 17.8 Å². The zero-order chi connectivity index (χ0) is 20.8. The number of nitrogens with one attached hydrogen (secondary N) is 2. The number of nitrogens with zero attached hydrogens (tertiary/aromatic N) is 1. The van der Waals surface area contributed by atoms with E-state index in [0.717, 1.165) is 10.2 Å². The van der Waals surface area contributed by atoms with Gasteiger partial charge in [0, 0.05) is 13.0 Å². The number of benzene rings is 2. The van der Waals surface area contributed by atoms with E-state index in [1.807, 2.05) is 0 Å². The number of alkyl halides is 2. The molecule has 2 aromatic carbocycles. The summed E-state index contributed by atoms with van der Waals surface area (Å²) in [7, 11) is 0. The number of fused-ring (bicyclic) bond motifs is 1. The lowest BCUT2D eigenvalue weighted by Crippen LogP contribution is -2.33. The van der Waals surface area contributed by atoms with Crippen LogP contribution in [0.25, 0.3) is 10.8 Å². The van der Waals surface area contributed by atoms with Crippen LogP contribution in [0.5, 0.6) is 5.75 Å². The van der Waals surface area contributed by atoms with Crippen molar-refractivity contribution in [2.75, 3.05) is 6.54 Å². The highest BCUT2D eigenvalue weighted by molar-refractivity contribution is 5.80. The lowest BCUT2D eigenvalue weighted by atomic mass is 10.1. The Labute approximate surface area is 163 Å². The number of H-pyrrole nitrogens is 1. The Morgan fingerprint density at radius 2 is 1.76 bits per heavy atom. The predicted molar refractivity (Wildman–Crippen MR) is 103 cm³/mol. The monoisotopic (exact) mass is 403 g/mol. The maximum absolute atomic E-state index is 12.4. The topological polar surface area (TPSA) is 93.2 Å².